The van der Waals surface area contributed by atoms with Gasteiger partial charge in [-0.15, -0.1) is 6.58 Å². The van der Waals surface area contributed by atoms with Gasteiger partial charge in [0.1, 0.15) is 5.82 Å². The number of aryl methyl sites for hydroxylation is 1. The predicted octanol–water partition coefficient (Wildman–Crippen LogP) is 4.26. The van der Waals surface area contributed by atoms with Crippen molar-refractivity contribution in [2.75, 3.05) is 40.0 Å². The van der Waals surface area contributed by atoms with E-state index >= 15 is 0 Å². The number of aliphatic hydroxyl groups is 1. The van der Waals surface area contributed by atoms with Gasteiger partial charge in [0.15, 0.2) is 11.6 Å². The Hall–Kier alpha value is -3.11. The molecule has 0 aliphatic carbocycles. The van der Waals surface area contributed by atoms with Gasteiger partial charge in [-0.2, -0.15) is 5.10 Å². The molecule has 0 radical (unpaired) electrons. The predicted molar refractivity (Wildman–Crippen MR) is 129 cm³/mol. The van der Waals surface area contributed by atoms with Crippen LogP contribution in [0.4, 0.5) is 8.78 Å². The minimum Gasteiger partial charge on any atom is -0.435 e. The van der Waals surface area contributed by atoms with Gasteiger partial charge in [0.25, 0.3) is 0 Å². The second-order valence-corrected chi connectivity index (χ2v) is 8.00. The molecule has 1 N–H and O–H groups in total. The maximum atomic E-state index is 14.5. The highest BCUT2D eigenvalue weighted by Crippen LogP contribution is 2.32. The zero-order valence-corrected chi connectivity index (χ0v) is 20.0. The minimum absolute atomic E-state index is 0.0401. The highest BCUT2D eigenvalue weighted by Gasteiger charge is 2.23. The van der Waals surface area contributed by atoms with Crippen molar-refractivity contribution in [2.45, 2.75) is 19.6 Å². The van der Waals surface area contributed by atoms with Crippen LogP contribution < -0.4 is 4.74 Å². The van der Waals surface area contributed by atoms with Crippen molar-refractivity contribution < 1.29 is 28.1 Å². The molecule has 3 rings (SSSR count). The highest BCUT2D eigenvalue weighted by molar-refractivity contribution is 5.43. The molecule has 2 aromatic carbocycles. The minimum atomic E-state index is -0.741. The van der Waals surface area contributed by atoms with Gasteiger partial charge in [-0.1, -0.05) is 18.2 Å². The van der Waals surface area contributed by atoms with Crippen LogP contribution in [-0.2, 0) is 16.0 Å². The summed E-state index contributed by atoms with van der Waals surface area (Å²) in [6.07, 6.45) is 0.879. The molecule has 0 bridgehead atoms. The van der Waals surface area contributed by atoms with Crippen LogP contribution in [0.3, 0.4) is 0 Å². The van der Waals surface area contributed by atoms with E-state index in [-0.39, 0.29) is 18.2 Å². The van der Waals surface area contributed by atoms with Gasteiger partial charge in [-0.3, -0.25) is 4.90 Å². The summed E-state index contributed by atoms with van der Waals surface area (Å²) in [7, 11) is 1.60. The quantitative estimate of drug-likeness (QED) is 0.271. The number of aliphatic hydroxyl groups excluding tert-OH is 1. The summed E-state index contributed by atoms with van der Waals surface area (Å²) in [6, 6.07) is 11.9. The summed E-state index contributed by atoms with van der Waals surface area (Å²) >= 11 is 0. The van der Waals surface area contributed by atoms with Gasteiger partial charge >= 0.3 is 0 Å². The molecule has 3 aromatic rings. The van der Waals surface area contributed by atoms with Crippen LogP contribution in [0, 0.1) is 18.6 Å². The molecular weight excluding hydrogens is 456 g/mol. The average molecular weight is 488 g/mol. The number of hydrogen-bond donors (Lipinski definition) is 1. The van der Waals surface area contributed by atoms with E-state index in [9.17, 15) is 13.9 Å². The molecule has 0 aliphatic rings. The largest absolute Gasteiger partial charge is 0.435 e. The third-order valence-electron chi connectivity index (χ3n) is 5.26. The Bertz CT molecular complexity index is 1090. The molecular formula is C26H31F2N3O4. The maximum Gasteiger partial charge on any atom is 0.227 e. The molecule has 1 unspecified atom stereocenters. The molecule has 0 amide bonds. The second-order valence-electron chi connectivity index (χ2n) is 8.00. The molecule has 7 nitrogen and oxygen atoms in total. The zero-order chi connectivity index (χ0) is 25.2. The first-order valence-corrected chi connectivity index (χ1v) is 11.3. The van der Waals surface area contributed by atoms with Crippen LogP contribution in [0.25, 0.3) is 5.69 Å². The Kier molecular flexibility index (Phi) is 9.92. The number of methoxy groups -OCH3 is 1. The highest BCUT2D eigenvalue weighted by atomic mass is 19.1. The first-order valence-electron chi connectivity index (χ1n) is 11.3. The number of rotatable bonds is 14. The molecule has 0 aliphatic heterocycles. The molecule has 188 valence electrons. The van der Waals surface area contributed by atoms with Crippen molar-refractivity contribution in [2.24, 2.45) is 0 Å². The fourth-order valence-corrected chi connectivity index (χ4v) is 3.53. The van der Waals surface area contributed by atoms with Gasteiger partial charge in [-0.25, -0.2) is 13.5 Å². The zero-order valence-electron chi connectivity index (χ0n) is 20.0. The van der Waals surface area contributed by atoms with Crippen LogP contribution in [0.5, 0.6) is 11.6 Å². The van der Waals surface area contributed by atoms with Crippen molar-refractivity contribution in [1.82, 2.24) is 14.7 Å². The molecule has 35 heavy (non-hydrogen) atoms. The van der Waals surface area contributed by atoms with E-state index in [1.807, 2.05) is 11.8 Å². The van der Waals surface area contributed by atoms with E-state index in [1.165, 1.54) is 28.9 Å². The molecule has 1 atom stereocenters. The number of benzene rings is 2. The van der Waals surface area contributed by atoms with Gasteiger partial charge in [-0.05, 0) is 43.3 Å². The van der Waals surface area contributed by atoms with Gasteiger partial charge < -0.3 is 19.3 Å². The summed E-state index contributed by atoms with van der Waals surface area (Å²) in [6.45, 7) is 7.54. The van der Waals surface area contributed by atoms with E-state index in [4.69, 9.17) is 14.2 Å². The smallest absolute Gasteiger partial charge is 0.227 e. The lowest BCUT2D eigenvalue weighted by Gasteiger charge is -2.25. The van der Waals surface area contributed by atoms with E-state index in [1.54, 1.807) is 37.5 Å². The summed E-state index contributed by atoms with van der Waals surface area (Å²) in [5, 5.41) is 15.1. The first-order chi connectivity index (χ1) is 16.9. The molecule has 0 saturated carbocycles. The van der Waals surface area contributed by atoms with Crippen LogP contribution >= 0.6 is 0 Å². The summed E-state index contributed by atoms with van der Waals surface area (Å²) in [5.41, 5.74) is 1.92. The van der Waals surface area contributed by atoms with Crippen molar-refractivity contribution in [1.29, 1.82) is 0 Å². The number of aromatic nitrogens is 2. The summed E-state index contributed by atoms with van der Waals surface area (Å²) in [4.78, 5) is 1.98. The van der Waals surface area contributed by atoms with E-state index in [0.717, 1.165) is 0 Å². The molecule has 0 fully saturated rings. The fraction of sp³-hybridized carbons (Fsp3) is 0.346. The van der Waals surface area contributed by atoms with E-state index in [0.29, 0.717) is 55.7 Å². The molecule has 1 heterocycles. The molecule has 9 heteroatoms. The Labute approximate surface area is 204 Å². The monoisotopic (exact) mass is 487 g/mol. The average Bonchev–Trinajstić information content (AvgIpc) is 3.14. The van der Waals surface area contributed by atoms with Gasteiger partial charge in [0, 0.05) is 26.7 Å². The fourth-order valence-electron chi connectivity index (χ4n) is 3.53. The number of hydrogen-bond acceptors (Lipinski definition) is 6. The van der Waals surface area contributed by atoms with Crippen molar-refractivity contribution in [3.8, 4) is 17.3 Å². The lowest BCUT2D eigenvalue weighted by molar-refractivity contribution is 0.0192. The van der Waals surface area contributed by atoms with Crippen LogP contribution in [0.15, 0.2) is 61.2 Å². The van der Waals surface area contributed by atoms with Crippen molar-refractivity contribution in [3.05, 3.63) is 84.1 Å². The lowest BCUT2D eigenvalue weighted by Crippen LogP contribution is -2.36. The SMILES string of the molecule is C=CCOCC(O)CN(CCOC)Cc1c(C)nn(-c2ccc(F)cc2)c1Oc1ccccc1F. The van der Waals surface area contributed by atoms with Crippen LogP contribution in [0.2, 0.25) is 0 Å². The second kappa shape index (κ2) is 13.1. The third kappa shape index (κ3) is 7.43. The lowest BCUT2D eigenvalue weighted by atomic mass is 10.2. The topological polar surface area (TPSA) is 69.0 Å². The van der Waals surface area contributed by atoms with Crippen molar-refractivity contribution in [3.63, 3.8) is 0 Å². The van der Waals surface area contributed by atoms with Gasteiger partial charge in [0.2, 0.25) is 5.88 Å². The Balaban J connectivity index is 1.95. The van der Waals surface area contributed by atoms with Crippen molar-refractivity contribution >= 4 is 0 Å². The molecule has 0 saturated heterocycles. The maximum absolute atomic E-state index is 14.5. The van der Waals surface area contributed by atoms with E-state index in [2.05, 4.69) is 11.7 Å². The number of nitrogens with zero attached hydrogens (tertiary/aromatic N) is 3. The number of ether oxygens (including phenoxy) is 3. The van der Waals surface area contributed by atoms with Crippen LogP contribution in [-0.4, -0.2) is 65.9 Å². The number of para-hydroxylation sites is 1. The molecule has 0 spiro atoms. The third-order valence-corrected chi connectivity index (χ3v) is 5.26. The normalized spacial score (nSPS) is 12.2. The standard InChI is InChI=1S/C26H31F2N3O4/c1-4-14-34-18-22(32)16-30(13-15-33-3)17-23-19(2)29-31(21-11-9-20(27)10-12-21)26(23)35-25-8-6-5-7-24(25)28/h4-12,22,32H,1,13-18H2,2-3H3. The van der Waals surface area contributed by atoms with E-state index < -0.39 is 11.9 Å². The summed E-state index contributed by atoms with van der Waals surface area (Å²) < 4.78 is 46.2. The summed E-state index contributed by atoms with van der Waals surface area (Å²) in [5.74, 6) is -0.556. The Morgan fingerprint density at radius 2 is 1.91 bits per heavy atom. The first kappa shape index (κ1) is 26.5. The Morgan fingerprint density at radius 1 is 1.17 bits per heavy atom. The Morgan fingerprint density at radius 3 is 2.60 bits per heavy atom. The van der Waals surface area contributed by atoms with Crippen LogP contribution in [0.1, 0.15) is 11.3 Å². The van der Waals surface area contributed by atoms with Gasteiger partial charge in [0.05, 0.1) is 42.9 Å². The number of halogens is 2. The molecule has 1 aromatic heterocycles.